The second kappa shape index (κ2) is 6.40. The number of anilines is 1. The number of amides is 1. The molecular weight excluding hydrogens is 300 g/mol. The molecule has 130 valence electrons. The van der Waals surface area contributed by atoms with E-state index in [1.165, 1.54) is 18.4 Å². The highest BCUT2D eigenvalue weighted by atomic mass is 16.3. The highest BCUT2D eigenvalue weighted by molar-refractivity contribution is 6.00. The molecule has 1 aromatic rings. The zero-order valence-electron chi connectivity index (χ0n) is 14.4. The molecule has 1 amide bonds. The first kappa shape index (κ1) is 15.9. The van der Waals surface area contributed by atoms with Crippen molar-refractivity contribution in [1.82, 2.24) is 4.90 Å². The zero-order valence-corrected chi connectivity index (χ0v) is 14.4. The van der Waals surface area contributed by atoms with Crippen LogP contribution in [0, 0.1) is 11.3 Å². The number of para-hydroxylation sites is 1. The molecule has 2 heterocycles. The number of likely N-dealkylation sites (tertiary alicyclic amines) is 1. The Morgan fingerprint density at radius 2 is 2.21 bits per heavy atom. The Kier molecular flexibility index (Phi) is 4.25. The van der Waals surface area contributed by atoms with Crippen LogP contribution in [0.4, 0.5) is 5.69 Å². The van der Waals surface area contributed by atoms with Gasteiger partial charge in [-0.05, 0) is 49.7 Å². The molecule has 0 radical (unpaired) electrons. The lowest BCUT2D eigenvalue weighted by Crippen LogP contribution is -2.48. The van der Waals surface area contributed by atoms with Gasteiger partial charge in [-0.3, -0.25) is 4.79 Å². The first-order valence-corrected chi connectivity index (χ1v) is 9.47. The molecule has 4 rings (SSSR count). The minimum Gasteiger partial charge on any atom is -0.396 e. The van der Waals surface area contributed by atoms with E-state index < -0.39 is 0 Å². The molecule has 1 saturated carbocycles. The van der Waals surface area contributed by atoms with Crippen LogP contribution in [-0.4, -0.2) is 42.2 Å². The Hall–Kier alpha value is -1.55. The number of carbonyl (C=O) groups excluding carboxylic acids is 1. The number of nitrogens with zero attached hydrogens (tertiary/aromatic N) is 1. The van der Waals surface area contributed by atoms with Crippen molar-refractivity contribution < 1.29 is 9.90 Å². The fraction of sp³-hybridized carbons (Fsp3) is 0.650. The van der Waals surface area contributed by atoms with Crippen molar-refractivity contribution in [2.45, 2.75) is 44.9 Å². The molecule has 3 aliphatic rings. The summed E-state index contributed by atoms with van der Waals surface area (Å²) in [6.07, 6.45) is 7.90. The van der Waals surface area contributed by atoms with Crippen LogP contribution < -0.4 is 5.32 Å². The third kappa shape index (κ3) is 3.04. The van der Waals surface area contributed by atoms with Gasteiger partial charge < -0.3 is 15.3 Å². The van der Waals surface area contributed by atoms with E-state index in [0.717, 1.165) is 62.4 Å². The van der Waals surface area contributed by atoms with Crippen molar-refractivity contribution in [2.24, 2.45) is 11.3 Å². The Bertz CT molecular complexity index is 626. The van der Waals surface area contributed by atoms with Crippen molar-refractivity contribution in [2.75, 3.05) is 31.6 Å². The molecule has 4 nitrogen and oxygen atoms in total. The number of aliphatic hydroxyl groups excluding tert-OH is 1. The minimum absolute atomic E-state index is 0.0721. The van der Waals surface area contributed by atoms with Crippen molar-refractivity contribution in [3.8, 4) is 0 Å². The molecule has 2 aliphatic heterocycles. The summed E-state index contributed by atoms with van der Waals surface area (Å²) in [5, 5.41) is 13.5. The molecule has 2 fully saturated rings. The summed E-state index contributed by atoms with van der Waals surface area (Å²) in [6.45, 7) is 2.68. The van der Waals surface area contributed by atoms with Crippen molar-refractivity contribution in [3.63, 3.8) is 0 Å². The van der Waals surface area contributed by atoms with Crippen molar-refractivity contribution >= 4 is 11.6 Å². The number of piperidine rings is 1. The largest absolute Gasteiger partial charge is 0.396 e. The standard InChI is InChI=1S/C20H28N2O2/c23-14-20(12-15-7-8-15)9-3-11-22(13-20)19(24)17-6-1-4-16-5-2-10-21-18(16)17/h1,4,6,15,21,23H,2-3,5,7-14H2. The maximum absolute atomic E-state index is 13.2. The van der Waals surface area contributed by atoms with Gasteiger partial charge in [-0.25, -0.2) is 0 Å². The van der Waals surface area contributed by atoms with Gasteiger partial charge in [0.15, 0.2) is 0 Å². The van der Waals surface area contributed by atoms with Gasteiger partial charge >= 0.3 is 0 Å². The quantitative estimate of drug-likeness (QED) is 0.893. The fourth-order valence-electron chi connectivity index (χ4n) is 4.53. The van der Waals surface area contributed by atoms with Crippen LogP contribution in [0.3, 0.4) is 0 Å². The van der Waals surface area contributed by atoms with Crippen molar-refractivity contribution in [3.05, 3.63) is 29.3 Å². The van der Waals surface area contributed by atoms with E-state index in [0.29, 0.717) is 6.54 Å². The maximum Gasteiger partial charge on any atom is 0.255 e. The van der Waals surface area contributed by atoms with E-state index in [-0.39, 0.29) is 17.9 Å². The maximum atomic E-state index is 13.2. The lowest BCUT2D eigenvalue weighted by molar-refractivity contribution is 0.0196. The Balaban J connectivity index is 1.55. The lowest BCUT2D eigenvalue weighted by atomic mass is 9.76. The molecule has 1 unspecified atom stereocenters. The number of benzene rings is 1. The topological polar surface area (TPSA) is 52.6 Å². The van der Waals surface area contributed by atoms with Crippen molar-refractivity contribution in [1.29, 1.82) is 0 Å². The zero-order chi connectivity index (χ0) is 16.6. The Labute approximate surface area is 144 Å². The monoisotopic (exact) mass is 328 g/mol. The summed E-state index contributed by atoms with van der Waals surface area (Å²) in [4.78, 5) is 15.2. The summed E-state index contributed by atoms with van der Waals surface area (Å²) in [5.74, 6) is 0.910. The van der Waals surface area contributed by atoms with E-state index in [4.69, 9.17) is 0 Å². The molecular formula is C20H28N2O2. The molecule has 1 atom stereocenters. The second-order valence-corrected chi connectivity index (χ2v) is 8.01. The van der Waals surface area contributed by atoms with Gasteiger partial charge in [0, 0.05) is 25.0 Å². The number of aryl methyl sites for hydroxylation is 1. The van der Waals surface area contributed by atoms with Gasteiger partial charge in [-0.2, -0.15) is 0 Å². The fourth-order valence-corrected chi connectivity index (χ4v) is 4.53. The summed E-state index contributed by atoms with van der Waals surface area (Å²) in [5.41, 5.74) is 3.04. The minimum atomic E-state index is -0.0721. The highest BCUT2D eigenvalue weighted by Gasteiger charge is 2.41. The molecule has 0 bridgehead atoms. The predicted octanol–water partition coefficient (Wildman–Crippen LogP) is 3.06. The van der Waals surface area contributed by atoms with E-state index in [2.05, 4.69) is 11.4 Å². The third-order valence-electron chi connectivity index (χ3n) is 6.01. The van der Waals surface area contributed by atoms with Crippen LogP contribution in [0.5, 0.6) is 0 Å². The molecule has 4 heteroatoms. The van der Waals surface area contributed by atoms with Crippen LogP contribution >= 0.6 is 0 Å². The highest BCUT2D eigenvalue weighted by Crippen LogP contribution is 2.44. The van der Waals surface area contributed by atoms with Gasteiger partial charge in [-0.15, -0.1) is 0 Å². The number of fused-ring (bicyclic) bond motifs is 1. The normalized spacial score (nSPS) is 26.6. The first-order chi connectivity index (χ1) is 11.7. The van der Waals surface area contributed by atoms with Crippen LogP contribution in [0.25, 0.3) is 0 Å². The van der Waals surface area contributed by atoms with Crippen LogP contribution in [-0.2, 0) is 6.42 Å². The number of rotatable bonds is 4. The Morgan fingerprint density at radius 3 is 3.00 bits per heavy atom. The van der Waals surface area contributed by atoms with E-state index in [1.54, 1.807) is 0 Å². The summed E-state index contributed by atoms with van der Waals surface area (Å²) >= 11 is 0. The van der Waals surface area contributed by atoms with Gasteiger partial charge in [0.2, 0.25) is 0 Å². The Morgan fingerprint density at radius 1 is 1.33 bits per heavy atom. The lowest BCUT2D eigenvalue weighted by Gasteiger charge is -2.42. The molecule has 24 heavy (non-hydrogen) atoms. The van der Waals surface area contributed by atoms with Gasteiger partial charge in [-0.1, -0.05) is 25.0 Å². The first-order valence-electron chi connectivity index (χ1n) is 9.47. The summed E-state index contributed by atoms with van der Waals surface area (Å²) in [7, 11) is 0. The van der Waals surface area contributed by atoms with Gasteiger partial charge in [0.05, 0.1) is 17.9 Å². The molecule has 0 aromatic heterocycles. The molecule has 1 aliphatic carbocycles. The van der Waals surface area contributed by atoms with Crippen LogP contribution in [0.2, 0.25) is 0 Å². The predicted molar refractivity (Wildman–Crippen MR) is 95.3 cm³/mol. The number of nitrogens with one attached hydrogen (secondary N) is 1. The third-order valence-corrected chi connectivity index (χ3v) is 6.01. The molecule has 2 N–H and O–H groups in total. The molecule has 1 aromatic carbocycles. The van der Waals surface area contributed by atoms with Gasteiger partial charge in [0.25, 0.3) is 5.91 Å². The average molecular weight is 328 g/mol. The molecule has 1 saturated heterocycles. The van der Waals surface area contributed by atoms with Crippen LogP contribution in [0.1, 0.15) is 54.4 Å². The second-order valence-electron chi connectivity index (χ2n) is 8.01. The SMILES string of the molecule is O=C(c1cccc2c1NCCC2)N1CCCC(CO)(CC2CC2)C1. The molecule has 0 spiro atoms. The smallest absolute Gasteiger partial charge is 0.255 e. The van der Waals surface area contributed by atoms with E-state index in [9.17, 15) is 9.90 Å². The number of aliphatic hydroxyl groups is 1. The van der Waals surface area contributed by atoms with E-state index >= 15 is 0 Å². The number of hydrogen-bond acceptors (Lipinski definition) is 3. The number of hydrogen-bond donors (Lipinski definition) is 2. The van der Waals surface area contributed by atoms with Crippen LogP contribution in [0.15, 0.2) is 18.2 Å². The van der Waals surface area contributed by atoms with E-state index in [1.807, 2.05) is 17.0 Å². The summed E-state index contributed by atoms with van der Waals surface area (Å²) in [6, 6.07) is 6.09. The average Bonchev–Trinajstić information content (AvgIpc) is 3.44. The number of carbonyl (C=O) groups is 1. The van der Waals surface area contributed by atoms with Gasteiger partial charge in [0.1, 0.15) is 0 Å². The summed E-state index contributed by atoms with van der Waals surface area (Å²) < 4.78 is 0.